The molecule has 0 aliphatic heterocycles. The van der Waals surface area contributed by atoms with Gasteiger partial charge in [-0.15, -0.1) is 0 Å². The Morgan fingerprint density at radius 3 is 2.62 bits per heavy atom. The minimum atomic E-state index is -0.948. The lowest BCUT2D eigenvalue weighted by Crippen LogP contribution is -2.57. The van der Waals surface area contributed by atoms with Gasteiger partial charge in [-0.25, -0.2) is 9.48 Å². The molecule has 1 amide bonds. The molecule has 4 rings (SSSR count). The van der Waals surface area contributed by atoms with Crippen molar-refractivity contribution >= 4 is 11.9 Å². The number of hydrogen-bond acceptors (Lipinski definition) is 4. The van der Waals surface area contributed by atoms with E-state index in [0.29, 0.717) is 24.5 Å². The van der Waals surface area contributed by atoms with Gasteiger partial charge in [0.15, 0.2) is 5.69 Å². The zero-order valence-corrected chi connectivity index (χ0v) is 17.5. The molecule has 1 saturated carbocycles. The normalized spacial score (nSPS) is 23.5. The second-order valence-electron chi connectivity index (χ2n) is 8.54. The Morgan fingerprint density at radius 1 is 1.21 bits per heavy atom. The largest absolute Gasteiger partial charge is 0.467 e. The minimum Gasteiger partial charge on any atom is -0.467 e. The number of amides is 1. The zero-order valence-electron chi connectivity index (χ0n) is 17.5. The van der Waals surface area contributed by atoms with Gasteiger partial charge in [0, 0.05) is 11.3 Å². The number of para-hydroxylation sites is 1. The van der Waals surface area contributed by atoms with E-state index in [2.05, 4.69) is 12.2 Å². The highest BCUT2D eigenvalue weighted by Crippen LogP contribution is 2.34. The van der Waals surface area contributed by atoms with E-state index < -0.39 is 5.54 Å². The maximum absolute atomic E-state index is 13.3. The molecular weight excluding hydrogens is 366 g/mol. The highest BCUT2D eigenvalue weighted by molar-refractivity contribution is 5.98. The van der Waals surface area contributed by atoms with Gasteiger partial charge in [-0.05, 0) is 69.4 Å². The van der Waals surface area contributed by atoms with Crippen molar-refractivity contribution in [3.63, 3.8) is 0 Å². The second kappa shape index (κ2) is 7.65. The maximum atomic E-state index is 13.3. The van der Waals surface area contributed by atoms with Crippen LogP contribution in [-0.4, -0.2) is 34.3 Å². The van der Waals surface area contributed by atoms with E-state index in [1.807, 2.05) is 35.9 Å². The van der Waals surface area contributed by atoms with Crippen LogP contribution in [-0.2, 0) is 22.4 Å². The molecule has 0 radical (unpaired) electrons. The quantitative estimate of drug-likeness (QED) is 0.804. The van der Waals surface area contributed by atoms with Crippen molar-refractivity contribution in [1.29, 1.82) is 0 Å². The lowest BCUT2D eigenvalue weighted by atomic mass is 9.77. The Hall–Kier alpha value is -2.63. The Balaban J connectivity index is 1.68. The molecule has 2 aliphatic rings. The number of benzene rings is 1. The van der Waals surface area contributed by atoms with Gasteiger partial charge in [0.2, 0.25) is 0 Å². The number of rotatable bonds is 4. The van der Waals surface area contributed by atoms with Gasteiger partial charge in [0.1, 0.15) is 5.54 Å². The molecule has 1 fully saturated rings. The number of fused-ring (bicyclic) bond motifs is 1. The lowest BCUT2D eigenvalue weighted by molar-refractivity contribution is -0.150. The third-order valence-electron chi connectivity index (χ3n) is 6.55. The number of hydrogen-bond donors (Lipinski definition) is 1. The molecule has 1 heterocycles. The van der Waals surface area contributed by atoms with Gasteiger partial charge in [-0.3, -0.25) is 4.79 Å². The molecule has 2 aromatic rings. The van der Waals surface area contributed by atoms with E-state index in [0.717, 1.165) is 54.6 Å². The van der Waals surface area contributed by atoms with Crippen LogP contribution in [0, 0.1) is 12.8 Å². The molecule has 154 valence electrons. The summed E-state index contributed by atoms with van der Waals surface area (Å²) in [5.74, 6) is -0.0719. The van der Waals surface area contributed by atoms with Crippen molar-refractivity contribution < 1.29 is 14.3 Å². The van der Waals surface area contributed by atoms with Gasteiger partial charge in [0.05, 0.1) is 12.8 Å². The first-order valence-electron chi connectivity index (χ1n) is 10.5. The Bertz CT molecular complexity index is 939. The van der Waals surface area contributed by atoms with Crippen molar-refractivity contribution in [2.45, 2.75) is 64.3 Å². The van der Waals surface area contributed by atoms with Crippen LogP contribution < -0.4 is 5.32 Å². The first kappa shape index (κ1) is 19.7. The van der Waals surface area contributed by atoms with E-state index in [9.17, 15) is 9.59 Å². The fourth-order valence-corrected chi connectivity index (χ4v) is 4.73. The first-order valence-corrected chi connectivity index (χ1v) is 10.5. The summed E-state index contributed by atoms with van der Waals surface area (Å²) in [5.41, 5.74) is 3.73. The molecule has 0 unspecified atom stereocenters. The number of methoxy groups -OCH3 is 1. The number of ether oxygens (including phenoxy) is 1. The van der Waals surface area contributed by atoms with Gasteiger partial charge < -0.3 is 10.1 Å². The molecule has 1 N–H and O–H groups in total. The fraction of sp³-hybridized carbons (Fsp3) is 0.522. The van der Waals surface area contributed by atoms with Gasteiger partial charge in [-0.2, -0.15) is 5.10 Å². The molecular formula is C23H29N3O3. The van der Waals surface area contributed by atoms with Crippen molar-refractivity contribution in [2.75, 3.05) is 7.11 Å². The number of carbonyl (C=O) groups is 2. The van der Waals surface area contributed by atoms with Crippen LogP contribution in [0.4, 0.5) is 0 Å². The van der Waals surface area contributed by atoms with Crippen LogP contribution in [0.1, 0.15) is 66.3 Å². The molecule has 6 heteroatoms. The monoisotopic (exact) mass is 395 g/mol. The average molecular weight is 396 g/mol. The smallest absolute Gasteiger partial charge is 0.331 e. The van der Waals surface area contributed by atoms with Crippen molar-refractivity contribution in [3.8, 4) is 5.69 Å². The highest BCUT2D eigenvalue weighted by Gasteiger charge is 2.44. The highest BCUT2D eigenvalue weighted by atomic mass is 16.5. The van der Waals surface area contributed by atoms with Crippen molar-refractivity contribution in [3.05, 3.63) is 46.8 Å². The standard InChI is InChI=1S/C23H29N3O3/c1-15-11-13-23(14-12-15,22(28)29-3)24-21(27)20-17-8-6-10-19(17)26(25-20)18-9-5-4-7-16(18)2/h4-5,7,9,15H,6,8,10-14H2,1-3H3,(H,24,27). The number of carbonyl (C=O) groups excluding carboxylic acids is 2. The van der Waals surface area contributed by atoms with Crippen LogP contribution >= 0.6 is 0 Å². The molecule has 2 aliphatic carbocycles. The zero-order chi connectivity index (χ0) is 20.6. The number of esters is 1. The number of aryl methyl sites for hydroxylation is 1. The van der Waals surface area contributed by atoms with Crippen LogP contribution in [0.3, 0.4) is 0 Å². The molecule has 6 nitrogen and oxygen atoms in total. The summed E-state index contributed by atoms with van der Waals surface area (Å²) in [6.45, 7) is 4.23. The predicted octanol–water partition coefficient (Wildman–Crippen LogP) is 3.52. The van der Waals surface area contributed by atoms with Crippen LogP contribution in [0.2, 0.25) is 0 Å². The van der Waals surface area contributed by atoms with Crippen LogP contribution in [0.15, 0.2) is 24.3 Å². The van der Waals surface area contributed by atoms with Crippen LogP contribution in [0.25, 0.3) is 5.69 Å². The van der Waals surface area contributed by atoms with E-state index in [-0.39, 0.29) is 11.9 Å². The summed E-state index contributed by atoms with van der Waals surface area (Å²) in [6, 6.07) is 8.07. The molecule has 1 aromatic carbocycles. The lowest BCUT2D eigenvalue weighted by Gasteiger charge is -2.37. The number of nitrogens with zero attached hydrogens (tertiary/aromatic N) is 2. The van der Waals surface area contributed by atoms with Crippen molar-refractivity contribution in [1.82, 2.24) is 15.1 Å². The molecule has 29 heavy (non-hydrogen) atoms. The van der Waals surface area contributed by atoms with Crippen LogP contribution in [0.5, 0.6) is 0 Å². The van der Waals surface area contributed by atoms with Crippen molar-refractivity contribution in [2.24, 2.45) is 5.92 Å². The summed E-state index contributed by atoms with van der Waals surface area (Å²) in [7, 11) is 1.39. The molecule has 0 atom stereocenters. The minimum absolute atomic E-state index is 0.268. The maximum Gasteiger partial charge on any atom is 0.331 e. The summed E-state index contributed by atoms with van der Waals surface area (Å²) in [6.07, 6.45) is 5.76. The molecule has 0 saturated heterocycles. The molecule has 0 bridgehead atoms. The molecule has 1 aromatic heterocycles. The molecule has 0 spiro atoms. The van der Waals surface area contributed by atoms with Gasteiger partial charge >= 0.3 is 5.97 Å². The summed E-state index contributed by atoms with van der Waals surface area (Å²) in [4.78, 5) is 25.9. The summed E-state index contributed by atoms with van der Waals surface area (Å²) >= 11 is 0. The summed E-state index contributed by atoms with van der Waals surface area (Å²) in [5, 5.41) is 7.75. The van der Waals surface area contributed by atoms with E-state index in [4.69, 9.17) is 9.84 Å². The Labute approximate surface area is 171 Å². The topological polar surface area (TPSA) is 73.2 Å². The first-order chi connectivity index (χ1) is 13.9. The predicted molar refractivity (Wildman–Crippen MR) is 110 cm³/mol. The average Bonchev–Trinajstić information content (AvgIpc) is 3.32. The third kappa shape index (κ3) is 3.45. The number of aromatic nitrogens is 2. The number of nitrogens with one attached hydrogen (secondary N) is 1. The van der Waals surface area contributed by atoms with E-state index >= 15 is 0 Å². The Kier molecular flexibility index (Phi) is 5.19. The second-order valence-corrected chi connectivity index (χ2v) is 8.54. The summed E-state index contributed by atoms with van der Waals surface area (Å²) < 4.78 is 6.99. The van der Waals surface area contributed by atoms with E-state index in [1.54, 1.807) is 0 Å². The van der Waals surface area contributed by atoms with Gasteiger partial charge in [0.25, 0.3) is 5.91 Å². The SMILES string of the molecule is COC(=O)C1(NC(=O)c2nn(-c3ccccc3C)c3c2CCC3)CCC(C)CC1. The van der Waals surface area contributed by atoms with E-state index in [1.165, 1.54) is 7.11 Å². The van der Waals surface area contributed by atoms with Gasteiger partial charge in [-0.1, -0.05) is 25.1 Å². The third-order valence-corrected chi connectivity index (χ3v) is 6.55. The fourth-order valence-electron chi connectivity index (χ4n) is 4.73. The Morgan fingerprint density at radius 2 is 1.93 bits per heavy atom.